The van der Waals surface area contributed by atoms with Crippen molar-refractivity contribution in [3.8, 4) is 0 Å². The van der Waals surface area contributed by atoms with Gasteiger partial charge in [0.15, 0.2) is 0 Å². The van der Waals surface area contributed by atoms with Crippen LogP contribution in [0.5, 0.6) is 0 Å². The van der Waals surface area contributed by atoms with E-state index in [1.165, 1.54) is 12.8 Å². The summed E-state index contributed by atoms with van der Waals surface area (Å²) in [6.45, 7) is 10.9. The van der Waals surface area contributed by atoms with E-state index in [1.807, 2.05) is 6.92 Å². The average Bonchev–Trinajstić information content (AvgIpc) is 2.35. The van der Waals surface area contributed by atoms with Gasteiger partial charge in [-0.2, -0.15) is 4.98 Å². The van der Waals surface area contributed by atoms with Gasteiger partial charge in [0.1, 0.15) is 5.82 Å². The Morgan fingerprint density at radius 1 is 1.37 bits per heavy atom. The maximum Gasteiger partial charge on any atom is 0.224 e. The first-order chi connectivity index (χ1) is 9.10. The van der Waals surface area contributed by atoms with Crippen LogP contribution in [-0.2, 0) is 0 Å². The third kappa shape index (κ3) is 3.58. The predicted molar refractivity (Wildman–Crippen MR) is 80.8 cm³/mol. The number of nitrogens with zero attached hydrogens (tertiary/aromatic N) is 3. The van der Waals surface area contributed by atoms with E-state index in [9.17, 15) is 0 Å². The van der Waals surface area contributed by atoms with Gasteiger partial charge >= 0.3 is 0 Å². The molecule has 2 heterocycles. The van der Waals surface area contributed by atoms with Crippen molar-refractivity contribution in [2.75, 3.05) is 23.3 Å². The molecular formula is C15H26N4. The zero-order chi connectivity index (χ0) is 13.8. The molecule has 0 amide bonds. The monoisotopic (exact) mass is 262 g/mol. The number of hydrogen-bond donors (Lipinski definition) is 1. The standard InChI is InChI=1S/C15H26N4/c1-5-7-16-15-17-12(3)10-14(18-15)19-8-6-11(2)9-13(19)4/h10-11,13H,5-9H2,1-4H3,(H,16,17,18). The van der Waals surface area contributed by atoms with Crippen LogP contribution >= 0.6 is 0 Å². The molecule has 1 aromatic rings. The van der Waals surface area contributed by atoms with Crippen molar-refractivity contribution < 1.29 is 0 Å². The number of aromatic nitrogens is 2. The molecule has 0 spiro atoms. The van der Waals surface area contributed by atoms with Gasteiger partial charge in [0.2, 0.25) is 5.95 Å². The third-order valence-electron chi connectivity index (χ3n) is 3.81. The Labute approximate surface area is 116 Å². The molecule has 0 aromatic carbocycles. The molecule has 2 atom stereocenters. The van der Waals surface area contributed by atoms with Crippen molar-refractivity contribution in [1.29, 1.82) is 0 Å². The molecule has 4 heteroatoms. The van der Waals surface area contributed by atoms with Crippen LogP contribution in [0.25, 0.3) is 0 Å². The smallest absolute Gasteiger partial charge is 0.224 e. The summed E-state index contributed by atoms with van der Waals surface area (Å²) in [5.41, 5.74) is 1.04. The zero-order valence-corrected chi connectivity index (χ0v) is 12.6. The molecule has 1 aliphatic heterocycles. The number of anilines is 2. The summed E-state index contributed by atoms with van der Waals surface area (Å²) in [4.78, 5) is 11.6. The number of aryl methyl sites for hydroxylation is 1. The fourth-order valence-electron chi connectivity index (χ4n) is 2.76. The summed E-state index contributed by atoms with van der Waals surface area (Å²) in [6.07, 6.45) is 3.59. The Morgan fingerprint density at radius 3 is 2.84 bits per heavy atom. The van der Waals surface area contributed by atoms with E-state index >= 15 is 0 Å². The fraction of sp³-hybridized carbons (Fsp3) is 0.733. The van der Waals surface area contributed by atoms with Gasteiger partial charge < -0.3 is 10.2 Å². The summed E-state index contributed by atoms with van der Waals surface area (Å²) in [5.74, 6) is 2.67. The van der Waals surface area contributed by atoms with Gasteiger partial charge in [-0.05, 0) is 39.0 Å². The average molecular weight is 262 g/mol. The van der Waals surface area contributed by atoms with Gasteiger partial charge in [0.05, 0.1) is 0 Å². The van der Waals surface area contributed by atoms with Crippen LogP contribution in [0.4, 0.5) is 11.8 Å². The minimum atomic E-state index is 0.567. The maximum atomic E-state index is 4.67. The SMILES string of the molecule is CCCNc1nc(C)cc(N2CCC(C)CC2C)n1. The first-order valence-corrected chi connectivity index (χ1v) is 7.46. The van der Waals surface area contributed by atoms with Gasteiger partial charge in [-0.15, -0.1) is 0 Å². The van der Waals surface area contributed by atoms with Gasteiger partial charge in [-0.1, -0.05) is 13.8 Å². The lowest BCUT2D eigenvalue weighted by atomic mass is 9.93. The zero-order valence-electron chi connectivity index (χ0n) is 12.6. The fourth-order valence-corrected chi connectivity index (χ4v) is 2.76. The summed E-state index contributed by atoms with van der Waals surface area (Å²) in [6, 6.07) is 2.67. The van der Waals surface area contributed by atoms with Crippen LogP contribution in [0.3, 0.4) is 0 Å². The van der Waals surface area contributed by atoms with Crippen molar-refractivity contribution in [2.24, 2.45) is 5.92 Å². The Kier molecular flexibility index (Phi) is 4.61. The number of hydrogen-bond acceptors (Lipinski definition) is 4. The minimum absolute atomic E-state index is 0.567. The molecule has 1 fully saturated rings. The van der Waals surface area contributed by atoms with E-state index in [1.54, 1.807) is 0 Å². The highest BCUT2D eigenvalue weighted by molar-refractivity contribution is 5.46. The van der Waals surface area contributed by atoms with Crippen LogP contribution in [0.15, 0.2) is 6.07 Å². The quantitative estimate of drug-likeness (QED) is 0.904. The Bertz CT molecular complexity index is 419. The molecule has 1 saturated heterocycles. The van der Waals surface area contributed by atoms with Crippen molar-refractivity contribution >= 4 is 11.8 Å². The Morgan fingerprint density at radius 2 is 2.16 bits per heavy atom. The Balaban J connectivity index is 2.16. The van der Waals surface area contributed by atoms with Crippen molar-refractivity contribution in [2.45, 2.75) is 53.0 Å². The van der Waals surface area contributed by atoms with E-state index < -0.39 is 0 Å². The van der Waals surface area contributed by atoms with Crippen LogP contribution < -0.4 is 10.2 Å². The highest BCUT2D eigenvalue weighted by Gasteiger charge is 2.24. The lowest BCUT2D eigenvalue weighted by Gasteiger charge is -2.37. The molecular weight excluding hydrogens is 236 g/mol. The maximum absolute atomic E-state index is 4.67. The summed E-state index contributed by atoms with van der Waals surface area (Å²) in [5, 5.41) is 3.29. The van der Waals surface area contributed by atoms with Crippen molar-refractivity contribution in [3.63, 3.8) is 0 Å². The topological polar surface area (TPSA) is 41.1 Å². The second-order valence-electron chi connectivity index (χ2n) is 5.79. The first-order valence-electron chi connectivity index (χ1n) is 7.46. The lowest BCUT2D eigenvalue weighted by Crippen LogP contribution is -2.40. The van der Waals surface area contributed by atoms with Crippen molar-refractivity contribution in [1.82, 2.24) is 9.97 Å². The molecule has 19 heavy (non-hydrogen) atoms. The largest absolute Gasteiger partial charge is 0.354 e. The molecule has 2 unspecified atom stereocenters. The summed E-state index contributed by atoms with van der Waals surface area (Å²) >= 11 is 0. The molecule has 4 nitrogen and oxygen atoms in total. The molecule has 0 saturated carbocycles. The minimum Gasteiger partial charge on any atom is -0.354 e. The molecule has 1 aliphatic rings. The highest BCUT2D eigenvalue weighted by Crippen LogP contribution is 2.27. The number of piperidine rings is 1. The van der Waals surface area contributed by atoms with E-state index in [-0.39, 0.29) is 0 Å². The van der Waals surface area contributed by atoms with Gasteiger partial charge in [-0.25, -0.2) is 4.98 Å². The predicted octanol–water partition coefficient (Wildman–Crippen LogP) is 3.23. The van der Waals surface area contributed by atoms with E-state index in [0.717, 1.165) is 42.9 Å². The third-order valence-corrected chi connectivity index (χ3v) is 3.81. The second-order valence-corrected chi connectivity index (χ2v) is 5.79. The molecule has 1 aromatic heterocycles. The molecule has 0 bridgehead atoms. The Hall–Kier alpha value is -1.32. The van der Waals surface area contributed by atoms with Gasteiger partial charge in [0.25, 0.3) is 0 Å². The first kappa shape index (κ1) is 14.1. The number of rotatable bonds is 4. The second kappa shape index (κ2) is 6.22. The lowest BCUT2D eigenvalue weighted by molar-refractivity contribution is 0.376. The van der Waals surface area contributed by atoms with Crippen LogP contribution in [0, 0.1) is 12.8 Å². The molecule has 106 valence electrons. The highest BCUT2D eigenvalue weighted by atomic mass is 15.2. The van der Waals surface area contributed by atoms with Crippen LogP contribution in [0.2, 0.25) is 0 Å². The molecule has 1 N–H and O–H groups in total. The number of nitrogens with one attached hydrogen (secondary N) is 1. The molecule has 0 radical (unpaired) electrons. The molecule has 0 aliphatic carbocycles. The summed E-state index contributed by atoms with van der Waals surface area (Å²) in [7, 11) is 0. The van der Waals surface area contributed by atoms with Gasteiger partial charge in [-0.3, -0.25) is 0 Å². The van der Waals surface area contributed by atoms with E-state index in [0.29, 0.717) is 6.04 Å². The van der Waals surface area contributed by atoms with Gasteiger partial charge in [0, 0.05) is 30.9 Å². The normalized spacial score (nSPS) is 23.5. The van der Waals surface area contributed by atoms with Crippen LogP contribution in [0.1, 0.15) is 45.7 Å². The van der Waals surface area contributed by atoms with Crippen LogP contribution in [-0.4, -0.2) is 29.1 Å². The summed E-state index contributed by atoms with van der Waals surface area (Å²) < 4.78 is 0. The van der Waals surface area contributed by atoms with E-state index in [4.69, 9.17) is 0 Å². The van der Waals surface area contributed by atoms with E-state index in [2.05, 4.69) is 47.0 Å². The molecule has 2 rings (SSSR count). The van der Waals surface area contributed by atoms with Crippen molar-refractivity contribution in [3.05, 3.63) is 11.8 Å².